The number of rotatable bonds is 5. The molecule has 2 aromatic carbocycles. The van der Waals surface area contributed by atoms with Gasteiger partial charge in [-0.3, -0.25) is 4.79 Å². The second-order valence-corrected chi connectivity index (χ2v) is 5.09. The normalized spacial score (nSPS) is 11.9. The first-order valence-electron chi connectivity index (χ1n) is 6.77. The number of hydrogen-bond acceptors (Lipinski definition) is 3. The number of ketones is 1. The molecule has 0 bridgehead atoms. The summed E-state index contributed by atoms with van der Waals surface area (Å²) in [6.07, 6.45) is 0.940. The third kappa shape index (κ3) is 3.60. The molecule has 20 heavy (non-hydrogen) atoms. The molecule has 1 atom stereocenters. The van der Waals surface area contributed by atoms with Crippen LogP contribution in [0.5, 0.6) is 0 Å². The summed E-state index contributed by atoms with van der Waals surface area (Å²) in [4.78, 5) is 11.3. The Hall–Kier alpha value is -2.29. The van der Waals surface area contributed by atoms with Crippen LogP contribution in [0.2, 0.25) is 0 Å². The molecule has 0 aliphatic carbocycles. The predicted molar refractivity (Wildman–Crippen MR) is 84.1 cm³/mol. The molecule has 0 aliphatic heterocycles. The van der Waals surface area contributed by atoms with Crippen LogP contribution in [-0.4, -0.2) is 11.8 Å². The van der Waals surface area contributed by atoms with Crippen molar-refractivity contribution in [3.05, 3.63) is 59.7 Å². The van der Waals surface area contributed by atoms with Crippen LogP contribution in [0.3, 0.4) is 0 Å². The van der Waals surface area contributed by atoms with Gasteiger partial charge in [-0.05, 0) is 44.0 Å². The standard InChI is InChI=1S/C17H20N2O/c1-12(10-14-6-4-3-5-7-14)19-15-8-9-16(13(2)20)17(18)11-15/h3-9,11-12,19H,10,18H2,1-2H3. The van der Waals surface area contributed by atoms with Gasteiger partial charge in [-0.1, -0.05) is 30.3 Å². The summed E-state index contributed by atoms with van der Waals surface area (Å²) in [5.41, 5.74) is 9.22. The van der Waals surface area contributed by atoms with Crippen molar-refractivity contribution in [2.24, 2.45) is 0 Å². The Morgan fingerprint density at radius 2 is 1.90 bits per heavy atom. The Morgan fingerprint density at radius 3 is 2.50 bits per heavy atom. The fraction of sp³-hybridized carbons (Fsp3) is 0.235. The van der Waals surface area contributed by atoms with Gasteiger partial charge in [0.25, 0.3) is 0 Å². The zero-order valence-corrected chi connectivity index (χ0v) is 11.9. The van der Waals surface area contributed by atoms with Crippen molar-refractivity contribution in [2.45, 2.75) is 26.3 Å². The Morgan fingerprint density at radius 1 is 1.20 bits per heavy atom. The van der Waals surface area contributed by atoms with Crippen LogP contribution in [0, 0.1) is 0 Å². The number of Topliss-reactive ketones (excluding diaryl/α,β-unsaturated/α-hetero) is 1. The number of nitrogen functional groups attached to an aromatic ring is 1. The van der Waals surface area contributed by atoms with Crippen molar-refractivity contribution >= 4 is 17.2 Å². The van der Waals surface area contributed by atoms with Gasteiger partial charge < -0.3 is 11.1 Å². The second-order valence-electron chi connectivity index (χ2n) is 5.09. The number of carbonyl (C=O) groups is 1. The molecule has 2 rings (SSSR count). The minimum atomic E-state index is -0.00798. The van der Waals surface area contributed by atoms with Gasteiger partial charge in [0.1, 0.15) is 0 Å². The van der Waals surface area contributed by atoms with Crippen LogP contribution < -0.4 is 11.1 Å². The van der Waals surface area contributed by atoms with E-state index in [0.29, 0.717) is 17.3 Å². The highest BCUT2D eigenvalue weighted by Gasteiger charge is 2.07. The van der Waals surface area contributed by atoms with Gasteiger partial charge in [0, 0.05) is 23.0 Å². The van der Waals surface area contributed by atoms with Crippen molar-refractivity contribution in [1.29, 1.82) is 0 Å². The Labute approximate surface area is 119 Å². The maximum Gasteiger partial charge on any atom is 0.161 e. The van der Waals surface area contributed by atoms with Gasteiger partial charge in [-0.2, -0.15) is 0 Å². The molecule has 0 saturated carbocycles. The van der Waals surface area contributed by atoms with Crippen LogP contribution >= 0.6 is 0 Å². The van der Waals surface area contributed by atoms with Crippen LogP contribution in [0.4, 0.5) is 11.4 Å². The van der Waals surface area contributed by atoms with Gasteiger partial charge in [0.05, 0.1) is 0 Å². The largest absolute Gasteiger partial charge is 0.398 e. The average Bonchev–Trinajstić information content (AvgIpc) is 2.39. The van der Waals surface area contributed by atoms with Crippen LogP contribution in [0.25, 0.3) is 0 Å². The maximum absolute atomic E-state index is 11.3. The van der Waals surface area contributed by atoms with E-state index in [2.05, 4.69) is 24.4 Å². The number of carbonyl (C=O) groups excluding carboxylic acids is 1. The van der Waals surface area contributed by atoms with E-state index in [1.165, 1.54) is 12.5 Å². The van der Waals surface area contributed by atoms with Gasteiger partial charge in [0.2, 0.25) is 0 Å². The average molecular weight is 268 g/mol. The van der Waals surface area contributed by atoms with E-state index >= 15 is 0 Å². The van der Waals surface area contributed by atoms with Gasteiger partial charge in [-0.25, -0.2) is 0 Å². The van der Waals surface area contributed by atoms with Crippen molar-refractivity contribution in [3.63, 3.8) is 0 Å². The number of nitrogens with one attached hydrogen (secondary N) is 1. The molecular formula is C17H20N2O. The number of anilines is 2. The topological polar surface area (TPSA) is 55.1 Å². The molecule has 0 aliphatic rings. The highest BCUT2D eigenvalue weighted by molar-refractivity contribution is 5.99. The molecule has 3 heteroatoms. The molecule has 104 valence electrons. The molecule has 0 heterocycles. The van der Waals surface area contributed by atoms with E-state index in [0.717, 1.165) is 12.1 Å². The SMILES string of the molecule is CC(=O)c1ccc(NC(C)Cc2ccccc2)cc1N. The first kappa shape index (κ1) is 14.1. The first-order chi connectivity index (χ1) is 9.56. The lowest BCUT2D eigenvalue weighted by Gasteiger charge is -2.16. The molecule has 3 nitrogen and oxygen atoms in total. The smallest absolute Gasteiger partial charge is 0.161 e. The summed E-state index contributed by atoms with van der Waals surface area (Å²) in [7, 11) is 0. The van der Waals surface area contributed by atoms with E-state index < -0.39 is 0 Å². The third-order valence-corrected chi connectivity index (χ3v) is 3.23. The predicted octanol–water partition coefficient (Wildman–Crippen LogP) is 3.51. The lowest BCUT2D eigenvalue weighted by Crippen LogP contribution is -2.18. The van der Waals surface area contributed by atoms with E-state index in [4.69, 9.17) is 5.73 Å². The van der Waals surface area contributed by atoms with Gasteiger partial charge >= 0.3 is 0 Å². The molecule has 2 aromatic rings. The van der Waals surface area contributed by atoms with Crippen molar-refractivity contribution in [2.75, 3.05) is 11.1 Å². The van der Waals surface area contributed by atoms with Crippen molar-refractivity contribution in [1.82, 2.24) is 0 Å². The molecule has 0 radical (unpaired) electrons. The number of nitrogens with two attached hydrogens (primary N) is 1. The lowest BCUT2D eigenvalue weighted by molar-refractivity contribution is 0.101. The Bertz CT molecular complexity index is 593. The lowest BCUT2D eigenvalue weighted by atomic mass is 10.1. The van der Waals surface area contributed by atoms with Crippen LogP contribution in [0.15, 0.2) is 48.5 Å². The third-order valence-electron chi connectivity index (χ3n) is 3.23. The van der Waals surface area contributed by atoms with Gasteiger partial charge in [-0.15, -0.1) is 0 Å². The Kier molecular flexibility index (Phi) is 4.41. The van der Waals surface area contributed by atoms with Crippen molar-refractivity contribution < 1.29 is 4.79 Å². The minimum Gasteiger partial charge on any atom is -0.398 e. The van der Waals surface area contributed by atoms with E-state index in [-0.39, 0.29) is 5.78 Å². The zero-order valence-electron chi connectivity index (χ0n) is 11.9. The highest BCUT2D eigenvalue weighted by Crippen LogP contribution is 2.19. The molecule has 0 saturated heterocycles. The monoisotopic (exact) mass is 268 g/mol. The zero-order chi connectivity index (χ0) is 14.5. The van der Waals surface area contributed by atoms with Crippen molar-refractivity contribution in [3.8, 4) is 0 Å². The molecule has 3 N–H and O–H groups in total. The molecular weight excluding hydrogens is 248 g/mol. The molecule has 1 unspecified atom stereocenters. The van der Waals surface area contributed by atoms with E-state index in [9.17, 15) is 4.79 Å². The van der Waals surface area contributed by atoms with Crippen LogP contribution in [-0.2, 0) is 6.42 Å². The maximum atomic E-state index is 11.3. The van der Waals surface area contributed by atoms with E-state index in [1.54, 1.807) is 6.07 Å². The fourth-order valence-electron chi connectivity index (χ4n) is 2.28. The summed E-state index contributed by atoms with van der Waals surface area (Å²) >= 11 is 0. The van der Waals surface area contributed by atoms with Gasteiger partial charge in [0.15, 0.2) is 5.78 Å². The summed E-state index contributed by atoms with van der Waals surface area (Å²) in [6, 6.07) is 16.1. The first-order valence-corrected chi connectivity index (χ1v) is 6.77. The summed E-state index contributed by atoms with van der Waals surface area (Å²) in [6.45, 7) is 3.65. The number of benzene rings is 2. The highest BCUT2D eigenvalue weighted by atomic mass is 16.1. The quantitative estimate of drug-likeness (QED) is 0.644. The number of hydrogen-bond donors (Lipinski definition) is 2. The Balaban J connectivity index is 2.03. The van der Waals surface area contributed by atoms with Crippen LogP contribution in [0.1, 0.15) is 29.8 Å². The molecule has 0 fully saturated rings. The molecule has 0 aromatic heterocycles. The summed E-state index contributed by atoms with van der Waals surface area (Å²) in [5, 5.41) is 3.41. The van der Waals surface area contributed by atoms with E-state index in [1.807, 2.05) is 30.3 Å². The fourth-order valence-corrected chi connectivity index (χ4v) is 2.28. The summed E-state index contributed by atoms with van der Waals surface area (Å²) in [5.74, 6) is -0.00798. The minimum absolute atomic E-state index is 0.00798. The second kappa shape index (κ2) is 6.24. The molecule has 0 amide bonds. The summed E-state index contributed by atoms with van der Waals surface area (Å²) < 4.78 is 0. The molecule has 0 spiro atoms.